The summed E-state index contributed by atoms with van der Waals surface area (Å²) in [6, 6.07) is 3.56. The summed E-state index contributed by atoms with van der Waals surface area (Å²) in [6.45, 7) is 3.16. The number of hydrogen-bond acceptors (Lipinski definition) is 4. The molecular weight excluding hydrogens is 232 g/mol. The fourth-order valence-electron chi connectivity index (χ4n) is 1.42. The Morgan fingerprint density at radius 3 is 2.69 bits per heavy atom. The number of rotatable bonds is 4. The number of furan rings is 2. The van der Waals surface area contributed by atoms with Gasteiger partial charge in [-0.3, -0.25) is 4.55 Å². The van der Waals surface area contributed by atoms with E-state index in [9.17, 15) is 8.42 Å². The summed E-state index contributed by atoms with van der Waals surface area (Å²) < 4.78 is 40.9. The zero-order chi connectivity index (χ0) is 11.9. The van der Waals surface area contributed by atoms with E-state index in [2.05, 4.69) is 0 Å². The standard InChI is InChI=1S/C10H12O5S/c1-6-3-8-4-9(10(6)15-8)14-5-7(2)16(11,12)13/h3-4,7H,5H2,1-2H3,(H,11,12,13). The van der Waals surface area contributed by atoms with E-state index in [-0.39, 0.29) is 6.61 Å². The van der Waals surface area contributed by atoms with Crippen LogP contribution in [0.1, 0.15) is 12.5 Å². The number of aryl methyl sites for hydroxylation is 1. The van der Waals surface area contributed by atoms with E-state index in [0.29, 0.717) is 16.9 Å². The van der Waals surface area contributed by atoms with Crippen LogP contribution >= 0.6 is 0 Å². The van der Waals surface area contributed by atoms with Crippen LogP contribution in [-0.2, 0) is 10.1 Å². The first kappa shape index (κ1) is 11.2. The highest BCUT2D eigenvalue weighted by Crippen LogP contribution is 2.32. The van der Waals surface area contributed by atoms with Crippen molar-refractivity contribution in [2.75, 3.05) is 6.61 Å². The molecule has 1 N–H and O–H groups in total. The molecular formula is C10H12O5S. The van der Waals surface area contributed by atoms with Gasteiger partial charge in [-0.25, -0.2) is 0 Å². The smallest absolute Gasteiger partial charge is 0.270 e. The Hall–Kier alpha value is -1.27. The highest BCUT2D eigenvalue weighted by molar-refractivity contribution is 7.86. The summed E-state index contributed by atoms with van der Waals surface area (Å²) in [4.78, 5) is 0. The molecule has 88 valence electrons. The second kappa shape index (κ2) is 3.64. The van der Waals surface area contributed by atoms with Gasteiger partial charge in [0.15, 0.2) is 11.3 Å². The van der Waals surface area contributed by atoms with Crippen LogP contribution in [0.25, 0.3) is 11.2 Å². The van der Waals surface area contributed by atoms with Crippen molar-refractivity contribution >= 4 is 21.3 Å². The maximum Gasteiger partial charge on any atom is 0.270 e. The molecule has 0 fully saturated rings. The summed E-state index contributed by atoms with van der Waals surface area (Å²) >= 11 is 0. The molecule has 2 aromatic heterocycles. The average molecular weight is 244 g/mol. The van der Waals surface area contributed by atoms with Gasteiger partial charge in [0.05, 0.1) is 0 Å². The first-order valence-corrected chi connectivity index (χ1v) is 6.30. The monoisotopic (exact) mass is 244 g/mol. The van der Waals surface area contributed by atoms with E-state index in [0.717, 1.165) is 5.56 Å². The van der Waals surface area contributed by atoms with Crippen LogP contribution in [0.4, 0.5) is 0 Å². The maximum absolute atomic E-state index is 10.8. The molecule has 0 radical (unpaired) electrons. The number of fused-ring (bicyclic) bond motifs is 2. The van der Waals surface area contributed by atoms with Gasteiger partial charge in [0.25, 0.3) is 10.1 Å². The Morgan fingerprint density at radius 1 is 1.50 bits per heavy atom. The van der Waals surface area contributed by atoms with Gasteiger partial charge in [-0.15, -0.1) is 0 Å². The molecule has 5 nitrogen and oxygen atoms in total. The fourth-order valence-corrected chi connectivity index (χ4v) is 1.66. The lowest BCUT2D eigenvalue weighted by molar-refractivity contribution is 0.312. The van der Waals surface area contributed by atoms with Crippen LogP contribution in [0.5, 0.6) is 5.75 Å². The molecule has 6 heteroatoms. The number of benzene rings is 1. The van der Waals surface area contributed by atoms with Crippen LogP contribution in [-0.4, -0.2) is 24.8 Å². The summed E-state index contributed by atoms with van der Waals surface area (Å²) in [6.07, 6.45) is 0. The molecule has 0 aromatic carbocycles. The first-order valence-electron chi connectivity index (χ1n) is 4.79. The molecule has 1 atom stereocenters. The highest BCUT2D eigenvalue weighted by atomic mass is 32.2. The zero-order valence-electron chi connectivity index (χ0n) is 8.93. The average Bonchev–Trinajstić information content (AvgIpc) is 2.70. The van der Waals surface area contributed by atoms with Crippen LogP contribution < -0.4 is 4.74 Å². The van der Waals surface area contributed by atoms with Gasteiger partial charge in [-0.1, -0.05) is 0 Å². The second-order valence-electron chi connectivity index (χ2n) is 3.81. The normalized spacial score (nSPS) is 14.4. The van der Waals surface area contributed by atoms with Gasteiger partial charge in [-0.05, 0) is 25.5 Å². The third-order valence-corrected chi connectivity index (χ3v) is 3.57. The summed E-state index contributed by atoms with van der Waals surface area (Å²) in [5, 5.41) is -0.956. The second-order valence-corrected chi connectivity index (χ2v) is 5.64. The molecule has 0 aliphatic carbocycles. The zero-order valence-corrected chi connectivity index (χ0v) is 9.74. The van der Waals surface area contributed by atoms with Crippen molar-refractivity contribution in [3.05, 3.63) is 17.7 Å². The van der Waals surface area contributed by atoms with Gasteiger partial charge in [0, 0.05) is 6.07 Å². The van der Waals surface area contributed by atoms with E-state index in [4.69, 9.17) is 13.7 Å². The molecule has 0 spiro atoms. The van der Waals surface area contributed by atoms with Crippen molar-refractivity contribution in [3.8, 4) is 5.75 Å². The minimum absolute atomic E-state index is 0.0991. The van der Waals surface area contributed by atoms with Gasteiger partial charge < -0.3 is 9.15 Å². The third-order valence-electron chi connectivity index (χ3n) is 2.42. The lowest BCUT2D eigenvalue weighted by atomic mass is 10.2. The largest absolute Gasteiger partial charge is 0.488 e. The van der Waals surface area contributed by atoms with Crippen molar-refractivity contribution in [3.63, 3.8) is 0 Å². The van der Waals surface area contributed by atoms with Crippen molar-refractivity contribution in [2.45, 2.75) is 19.1 Å². The predicted octanol–water partition coefficient (Wildman–Crippen LogP) is 1.83. The maximum atomic E-state index is 10.8. The van der Waals surface area contributed by atoms with Crippen LogP contribution in [0.15, 0.2) is 16.5 Å². The Balaban J connectivity index is 2.09. The molecule has 2 heterocycles. The van der Waals surface area contributed by atoms with E-state index >= 15 is 0 Å². The van der Waals surface area contributed by atoms with Crippen molar-refractivity contribution in [2.24, 2.45) is 0 Å². The van der Waals surface area contributed by atoms with Gasteiger partial charge in [-0.2, -0.15) is 8.42 Å². The van der Waals surface area contributed by atoms with E-state index in [1.807, 2.05) is 13.0 Å². The molecule has 2 rings (SSSR count). The van der Waals surface area contributed by atoms with Crippen LogP contribution in [0, 0.1) is 6.92 Å². The van der Waals surface area contributed by atoms with E-state index < -0.39 is 15.4 Å². The minimum Gasteiger partial charge on any atom is -0.488 e. The SMILES string of the molecule is Cc1cc2cc(OCC(C)S(=O)(=O)O)c1o2. The molecule has 2 bridgehead atoms. The van der Waals surface area contributed by atoms with Gasteiger partial charge in [0.2, 0.25) is 0 Å². The molecule has 0 saturated carbocycles. The number of ether oxygens (including phenoxy) is 1. The Labute approximate surface area is 93.1 Å². The Morgan fingerprint density at radius 2 is 2.19 bits per heavy atom. The third kappa shape index (κ3) is 1.98. The summed E-state index contributed by atoms with van der Waals surface area (Å²) in [5.41, 5.74) is 2.27. The predicted molar refractivity (Wildman–Crippen MR) is 58.6 cm³/mol. The molecule has 0 aliphatic heterocycles. The van der Waals surface area contributed by atoms with Crippen molar-refractivity contribution < 1.29 is 22.1 Å². The summed E-state index contributed by atoms with van der Waals surface area (Å²) in [5.74, 6) is 0.519. The lowest BCUT2D eigenvalue weighted by Gasteiger charge is -2.09. The van der Waals surface area contributed by atoms with Crippen molar-refractivity contribution in [1.82, 2.24) is 0 Å². The van der Waals surface area contributed by atoms with E-state index in [1.54, 1.807) is 6.07 Å². The van der Waals surface area contributed by atoms with Gasteiger partial charge >= 0.3 is 0 Å². The minimum atomic E-state index is -4.04. The fraction of sp³-hybridized carbons (Fsp3) is 0.400. The Kier molecular flexibility index (Phi) is 2.55. The molecule has 0 aliphatic rings. The molecule has 0 amide bonds. The highest BCUT2D eigenvalue weighted by Gasteiger charge is 2.20. The quantitative estimate of drug-likeness (QED) is 0.830. The summed E-state index contributed by atoms with van der Waals surface area (Å²) in [7, 11) is -4.04. The Bertz CT molecular complexity index is 583. The van der Waals surface area contributed by atoms with Gasteiger partial charge in [0.1, 0.15) is 17.4 Å². The lowest BCUT2D eigenvalue weighted by Crippen LogP contribution is -2.24. The van der Waals surface area contributed by atoms with Crippen LogP contribution in [0.2, 0.25) is 0 Å². The molecule has 0 saturated heterocycles. The molecule has 1 unspecified atom stereocenters. The number of hydrogen-bond donors (Lipinski definition) is 1. The molecule has 2 aromatic rings. The first-order chi connectivity index (χ1) is 7.38. The van der Waals surface area contributed by atoms with Crippen molar-refractivity contribution in [1.29, 1.82) is 0 Å². The van der Waals surface area contributed by atoms with E-state index in [1.165, 1.54) is 6.92 Å². The van der Waals surface area contributed by atoms with Crippen LogP contribution in [0.3, 0.4) is 0 Å². The topological polar surface area (TPSA) is 76.7 Å². The molecule has 16 heavy (non-hydrogen) atoms.